The van der Waals surface area contributed by atoms with Crippen molar-refractivity contribution in [2.75, 3.05) is 10.6 Å². The molecule has 2 atom stereocenters. The van der Waals surface area contributed by atoms with E-state index < -0.39 is 24.2 Å². The second-order valence-corrected chi connectivity index (χ2v) is 7.34. The summed E-state index contributed by atoms with van der Waals surface area (Å²) in [5.74, 6) is -0.653. The average molecular weight is 437 g/mol. The van der Waals surface area contributed by atoms with Crippen LogP contribution in [0.25, 0.3) is 0 Å². The summed E-state index contributed by atoms with van der Waals surface area (Å²) >= 11 is 5.87. The van der Waals surface area contributed by atoms with Crippen LogP contribution in [-0.2, 0) is 0 Å². The Kier molecular flexibility index (Phi) is 5.07. The molecule has 10 heteroatoms. The zero-order valence-electron chi connectivity index (χ0n) is 15.3. The molecule has 0 saturated carbocycles. The Hall–Kier alpha value is -3.20. The molecular formula is C20H16ClF3N4O2. The monoisotopic (exact) mass is 436 g/mol. The predicted molar refractivity (Wildman–Crippen MR) is 106 cm³/mol. The van der Waals surface area contributed by atoms with Crippen LogP contribution < -0.4 is 10.6 Å². The number of rotatable bonds is 3. The number of carbonyl (C=O) groups is 1. The molecule has 0 fully saturated rings. The molecule has 1 amide bonds. The fraction of sp³-hybridized carbons (Fsp3) is 0.200. The van der Waals surface area contributed by atoms with Gasteiger partial charge in [-0.25, -0.2) is 4.68 Å². The van der Waals surface area contributed by atoms with Gasteiger partial charge in [0.25, 0.3) is 5.91 Å². The summed E-state index contributed by atoms with van der Waals surface area (Å²) < 4.78 is 42.0. The Morgan fingerprint density at radius 2 is 1.93 bits per heavy atom. The Morgan fingerprint density at radius 3 is 2.60 bits per heavy atom. The Bertz CT molecular complexity index is 1080. The molecule has 3 N–H and O–H groups in total. The fourth-order valence-corrected chi connectivity index (χ4v) is 3.50. The minimum absolute atomic E-state index is 0.0541. The quantitative estimate of drug-likeness (QED) is 0.530. The van der Waals surface area contributed by atoms with Crippen molar-refractivity contribution in [3.05, 3.63) is 70.9 Å². The van der Waals surface area contributed by atoms with E-state index in [4.69, 9.17) is 11.6 Å². The van der Waals surface area contributed by atoms with E-state index in [0.29, 0.717) is 16.3 Å². The second kappa shape index (κ2) is 7.56. The number of fused-ring (bicyclic) bond motifs is 1. The first-order chi connectivity index (χ1) is 14.2. The average Bonchev–Trinajstić information content (AvgIpc) is 3.11. The van der Waals surface area contributed by atoms with Crippen LogP contribution in [0.1, 0.15) is 34.6 Å². The number of aromatic hydroxyl groups is 1. The van der Waals surface area contributed by atoms with Crippen LogP contribution in [0, 0.1) is 0 Å². The smallest absolute Gasteiger partial charge is 0.410 e. The van der Waals surface area contributed by atoms with Crippen molar-refractivity contribution in [2.24, 2.45) is 0 Å². The number of hydrogen-bond donors (Lipinski definition) is 3. The summed E-state index contributed by atoms with van der Waals surface area (Å²) in [7, 11) is 0. The topological polar surface area (TPSA) is 79.2 Å². The first-order valence-electron chi connectivity index (χ1n) is 8.99. The number of alkyl halides is 3. The van der Waals surface area contributed by atoms with E-state index in [1.807, 2.05) is 0 Å². The molecule has 3 aromatic rings. The number of benzene rings is 2. The second-order valence-electron chi connectivity index (χ2n) is 6.91. The van der Waals surface area contributed by atoms with Crippen LogP contribution in [0.2, 0.25) is 5.02 Å². The first kappa shape index (κ1) is 20.1. The first-order valence-corrected chi connectivity index (χ1v) is 9.37. The van der Waals surface area contributed by atoms with Gasteiger partial charge in [-0.05, 0) is 29.8 Å². The fourth-order valence-electron chi connectivity index (χ4n) is 3.38. The number of hydrogen-bond acceptors (Lipinski definition) is 4. The number of phenolic OH excluding ortho intramolecular Hbond substituents is 1. The van der Waals surface area contributed by atoms with Crippen LogP contribution in [0.15, 0.2) is 54.6 Å². The third-order valence-electron chi connectivity index (χ3n) is 4.80. The van der Waals surface area contributed by atoms with Crippen LogP contribution >= 0.6 is 11.6 Å². The van der Waals surface area contributed by atoms with Gasteiger partial charge in [-0.2, -0.15) is 18.3 Å². The maximum atomic E-state index is 13.7. The summed E-state index contributed by atoms with van der Waals surface area (Å²) in [5.41, 5.74) is 0.768. The number of nitrogens with one attached hydrogen (secondary N) is 2. The van der Waals surface area contributed by atoms with Crippen molar-refractivity contribution in [2.45, 2.75) is 24.7 Å². The molecule has 30 heavy (non-hydrogen) atoms. The van der Waals surface area contributed by atoms with Gasteiger partial charge in [-0.3, -0.25) is 4.79 Å². The molecule has 4 rings (SSSR count). The Labute approximate surface area is 174 Å². The highest BCUT2D eigenvalue weighted by Gasteiger charge is 2.46. The summed E-state index contributed by atoms with van der Waals surface area (Å²) in [6, 6.07) is 11.1. The van der Waals surface area contributed by atoms with Crippen LogP contribution in [0.3, 0.4) is 0 Å². The minimum Gasteiger partial charge on any atom is -0.508 e. The van der Waals surface area contributed by atoms with Crippen molar-refractivity contribution in [1.29, 1.82) is 0 Å². The van der Waals surface area contributed by atoms with Gasteiger partial charge in [0.15, 0.2) is 11.7 Å². The van der Waals surface area contributed by atoms with Gasteiger partial charge in [0.2, 0.25) is 0 Å². The molecule has 0 bridgehead atoms. The zero-order chi connectivity index (χ0) is 21.5. The Balaban J connectivity index is 1.64. The molecule has 1 aliphatic rings. The molecule has 0 radical (unpaired) electrons. The van der Waals surface area contributed by atoms with Crippen LogP contribution in [-0.4, -0.2) is 27.0 Å². The summed E-state index contributed by atoms with van der Waals surface area (Å²) in [6.45, 7) is 0. The molecule has 0 unspecified atom stereocenters. The summed E-state index contributed by atoms with van der Waals surface area (Å²) in [6.07, 6.45) is -4.83. The van der Waals surface area contributed by atoms with Crippen molar-refractivity contribution in [1.82, 2.24) is 9.78 Å². The molecule has 0 saturated heterocycles. The highest BCUT2D eigenvalue weighted by Crippen LogP contribution is 2.43. The third-order valence-corrected chi connectivity index (χ3v) is 5.05. The lowest BCUT2D eigenvalue weighted by atomic mass is 9.97. The van der Waals surface area contributed by atoms with E-state index in [1.165, 1.54) is 24.3 Å². The van der Waals surface area contributed by atoms with E-state index in [1.54, 1.807) is 30.3 Å². The number of halogens is 4. The minimum atomic E-state index is -4.55. The van der Waals surface area contributed by atoms with E-state index in [0.717, 1.165) is 4.68 Å². The standard InChI is InChI=1S/C20H16ClF3N4O2/c21-12-6-4-11(5-7-12)15-9-17(20(22,23)24)28-18(26-15)10-16(27-28)19(30)25-13-2-1-3-14(29)8-13/h1-8,10,15,17,26,29H,9H2,(H,25,30)/t15-,17+/m1/s1. The lowest BCUT2D eigenvalue weighted by molar-refractivity contribution is -0.173. The van der Waals surface area contributed by atoms with E-state index in [9.17, 15) is 23.1 Å². The number of carbonyl (C=O) groups excluding carboxylic acids is 1. The van der Waals surface area contributed by atoms with E-state index >= 15 is 0 Å². The molecule has 0 aliphatic carbocycles. The highest BCUT2D eigenvalue weighted by atomic mass is 35.5. The van der Waals surface area contributed by atoms with Crippen LogP contribution in [0.4, 0.5) is 24.7 Å². The normalized spacial score (nSPS) is 18.4. The number of amides is 1. The lowest BCUT2D eigenvalue weighted by Gasteiger charge is -2.33. The summed E-state index contributed by atoms with van der Waals surface area (Å²) in [5, 5.41) is 19.4. The van der Waals surface area contributed by atoms with E-state index in [-0.39, 0.29) is 23.7 Å². The van der Waals surface area contributed by atoms with Gasteiger partial charge in [0.05, 0.1) is 6.04 Å². The number of phenols is 1. The Morgan fingerprint density at radius 1 is 1.20 bits per heavy atom. The van der Waals surface area contributed by atoms with Gasteiger partial charge >= 0.3 is 6.18 Å². The predicted octanol–water partition coefficient (Wildman–Crippen LogP) is 5.15. The number of nitrogens with zero attached hydrogens (tertiary/aromatic N) is 2. The van der Waals surface area contributed by atoms with Gasteiger partial charge in [-0.15, -0.1) is 0 Å². The molecule has 6 nitrogen and oxygen atoms in total. The molecular weight excluding hydrogens is 421 g/mol. The maximum absolute atomic E-state index is 13.7. The third kappa shape index (κ3) is 4.06. The van der Waals surface area contributed by atoms with Crippen LogP contribution in [0.5, 0.6) is 5.75 Å². The largest absolute Gasteiger partial charge is 0.508 e. The van der Waals surface area contributed by atoms with Crippen molar-refractivity contribution < 1.29 is 23.1 Å². The highest BCUT2D eigenvalue weighted by molar-refractivity contribution is 6.30. The number of aromatic nitrogens is 2. The lowest BCUT2D eigenvalue weighted by Crippen LogP contribution is -2.35. The summed E-state index contributed by atoms with van der Waals surface area (Å²) in [4.78, 5) is 12.5. The van der Waals surface area contributed by atoms with Crippen molar-refractivity contribution in [3.8, 4) is 5.75 Å². The molecule has 2 aromatic carbocycles. The van der Waals surface area contributed by atoms with Gasteiger partial charge in [0, 0.05) is 29.3 Å². The molecule has 156 valence electrons. The maximum Gasteiger partial charge on any atom is 0.410 e. The van der Waals surface area contributed by atoms with E-state index in [2.05, 4.69) is 15.7 Å². The zero-order valence-corrected chi connectivity index (χ0v) is 16.1. The van der Waals surface area contributed by atoms with Crippen molar-refractivity contribution >= 4 is 29.0 Å². The molecule has 1 aliphatic heterocycles. The molecule has 2 heterocycles. The van der Waals surface area contributed by atoms with Gasteiger partial charge in [-0.1, -0.05) is 29.8 Å². The molecule has 0 spiro atoms. The molecule has 1 aromatic heterocycles. The van der Waals surface area contributed by atoms with Gasteiger partial charge in [0.1, 0.15) is 11.6 Å². The van der Waals surface area contributed by atoms with Gasteiger partial charge < -0.3 is 15.7 Å². The number of anilines is 2. The SMILES string of the molecule is O=C(Nc1cccc(O)c1)c1cc2n(n1)[C@H](C(F)(F)F)C[C@H](c1ccc(Cl)cc1)N2. The van der Waals surface area contributed by atoms with Crippen molar-refractivity contribution in [3.63, 3.8) is 0 Å².